The first-order valence-corrected chi connectivity index (χ1v) is 7.77. The van der Waals surface area contributed by atoms with Gasteiger partial charge < -0.3 is 5.32 Å². The van der Waals surface area contributed by atoms with Gasteiger partial charge in [0.25, 0.3) is 11.8 Å². The topological polar surface area (TPSA) is 70.6 Å². The highest BCUT2D eigenvalue weighted by atomic mass is 79.9. The summed E-state index contributed by atoms with van der Waals surface area (Å²) < 4.78 is 0.929. The van der Waals surface area contributed by atoms with Crippen LogP contribution in [0, 0.1) is 6.92 Å². The normalized spacial score (nSPS) is 10.5. The van der Waals surface area contributed by atoms with Crippen molar-refractivity contribution < 1.29 is 9.59 Å². The SMILES string of the molecule is Cc1ccccc1C(=O)NCC(=O)N/N=C/c1cccc(Br)c1. The monoisotopic (exact) mass is 373 g/mol. The highest BCUT2D eigenvalue weighted by Gasteiger charge is 2.09. The Hall–Kier alpha value is -2.47. The predicted molar refractivity (Wildman–Crippen MR) is 93.4 cm³/mol. The number of carbonyl (C=O) groups is 2. The molecule has 0 atom stereocenters. The van der Waals surface area contributed by atoms with Crippen LogP contribution in [0.1, 0.15) is 21.5 Å². The maximum Gasteiger partial charge on any atom is 0.259 e. The van der Waals surface area contributed by atoms with Crippen molar-refractivity contribution in [2.45, 2.75) is 6.92 Å². The van der Waals surface area contributed by atoms with E-state index in [1.165, 1.54) is 6.21 Å². The minimum absolute atomic E-state index is 0.136. The zero-order valence-electron chi connectivity index (χ0n) is 12.5. The van der Waals surface area contributed by atoms with Crippen molar-refractivity contribution in [3.8, 4) is 0 Å². The fourth-order valence-electron chi connectivity index (χ4n) is 1.89. The van der Waals surface area contributed by atoms with Crippen LogP contribution < -0.4 is 10.7 Å². The van der Waals surface area contributed by atoms with Gasteiger partial charge in [0, 0.05) is 10.0 Å². The van der Waals surface area contributed by atoms with Crippen LogP contribution in [0.4, 0.5) is 0 Å². The summed E-state index contributed by atoms with van der Waals surface area (Å²) in [6, 6.07) is 14.7. The molecule has 2 N–H and O–H groups in total. The largest absolute Gasteiger partial charge is 0.343 e. The quantitative estimate of drug-likeness (QED) is 0.624. The van der Waals surface area contributed by atoms with Crippen molar-refractivity contribution in [2.75, 3.05) is 6.54 Å². The summed E-state index contributed by atoms with van der Waals surface area (Å²) in [6.07, 6.45) is 1.53. The Morgan fingerprint density at radius 3 is 2.70 bits per heavy atom. The molecule has 2 rings (SSSR count). The Labute approximate surface area is 142 Å². The van der Waals surface area contributed by atoms with E-state index in [1.807, 2.05) is 43.3 Å². The molecule has 0 aliphatic rings. The molecular formula is C17H16BrN3O2. The van der Waals surface area contributed by atoms with Crippen LogP contribution in [-0.2, 0) is 4.79 Å². The van der Waals surface area contributed by atoms with Crippen LogP contribution in [0.5, 0.6) is 0 Å². The number of benzene rings is 2. The summed E-state index contributed by atoms with van der Waals surface area (Å²) in [5.41, 5.74) is 4.64. The molecule has 2 aromatic carbocycles. The van der Waals surface area contributed by atoms with Crippen molar-refractivity contribution in [1.29, 1.82) is 0 Å². The smallest absolute Gasteiger partial charge is 0.259 e. The van der Waals surface area contributed by atoms with Crippen molar-refractivity contribution in [3.05, 3.63) is 69.7 Å². The average Bonchev–Trinajstić information content (AvgIpc) is 2.53. The van der Waals surface area contributed by atoms with Gasteiger partial charge in [-0.05, 0) is 36.2 Å². The highest BCUT2D eigenvalue weighted by molar-refractivity contribution is 9.10. The van der Waals surface area contributed by atoms with Gasteiger partial charge in [0.2, 0.25) is 0 Å². The second-order valence-electron chi connectivity index (χ2n) is 4.85. The van der Waals surface area contributed by atoms with Gasteiger partial charge in [-0.3, -0.25) is 9.59 Å². The Kier molecular flexibility index (Phi) is 6.05. The third kappa shape index (κ3) is 5.34. The van der Waals surface area contributed by atoms with Crippen molar-refractivity contribution in [3.63, 3.8) is 0 Å². The van der Waals surface area contributed by atoms with Crippen LogP contribution in [-0.4, -0.2) is 24.6 Å². The molecule has 0 radical (unpaired) electrons. The van der Waals surface area contributed by atoms with Gasteiger partial charge in [0.1, 0.15) is 0 Å². The lowest BCUT2D eigenvalue weighted by Crippen LogP contribution is -2.35. The van der Waals surface area contributed by atoms with E-state index in [1.54, 1.807) is 12.1 Å². The number of halogens is 1. The molecule has 0 unspecified atom stereocenters. The number of hydrogen-bond donors (Lipinski definition) is 2. The van der Waals surface area contributed by atoms with E-state index in [4.69, 9.17) is 0 Å². The molecule has 0 aliphatic heterocycles. The maximum atomic E-state index is 12.0. The molecule has 0 bridgehead atoms. The number of hydrogen-bond acceptors (Lipinski definition) is 3. The first kappa shape index (κ1) is 16.9. The van der Waals surface area contributed by atoms with Crippen LogP contribution in [0.25, 0.3) is 0 Å². The van der Waals surface area contributed by atoms with E-state index in [2.05, 4.69) is 31.8 Å². The average molecular weight is 374 g/mol. The molecule has 6 heteroatoms. The molecule has 0 fully saturated rings. The van der Waals surface area contributed by atoms with E-state index in [9.17, 15) is 9.59 Å². The first-order chi connectivity index (χ1) is 11.1. The number of rotatable bonds is 5. The molecule has 2 amide bonds. The standard InChI is InChI=1S/C17H16BrN3O2/c1-12-5-2-3-8-15(12)17(23)19-11-16(22)21-20-10-13-6-4-7-14(18)9-13/h2-10H,11H2,1H3,(H,19,23)(H,21,22)/b20-10+. The van der Waals surface area contributed by atoms with Gasteiger partial charge >= 0.3 is 0 Å². The Morgan fingerprint density at radius 2 is 1.96 bits per heavy atom. The number of carbonyl (C=O) groups excluding carboxylic acids is 2. The molecule has 0 saturated heterocycles. The second-order valence-corrected chi connectivity index (χ2v) is 5.76. The lowest BCUT2D eigenvalue weighted by molar-refractivity contribution is -0.120. The first-order valence-electron chi connectivity index (χ1n) is 6.97. The summed E-state index contributed by atoms with van der Waals surface area (Å²) in [7, 11) is 0. The molecule has 23 heavy (non-hydrogen) atoms. The van der Waals surface area contributed by atoms with Crippen LogP contribution in [0.15, 0.2) is 58.1 Å². The third-order valence-electron chi connectivity index (χ3n) is 3.05. The number of nitrogens with zero attached hydrogens (tertiary/aromatic N) is 1. The van der Waals surface area contributed by atoms with Gasteiger partial charge in [-0.15, -0.1) is 0 Å². The number of hydrazone groups is 1. The Balaban J connectivity index is 1.81. The fourth-order valence-corrected chi connectivity index (χ4v) is 2.31. The van der Waals surface area contributed by atoms with Crippen molar-refractivity contribution in [1.82, 2.24) is 10.7 Å². The van der Waals surface area contributed by atoms with E-state index in [0.29, 0.717) is 5.56 Å². The van der Waals surface area contributed by atoms with Gasteiger partial charge in [0.15, 0.2) is 0 Å². The molecule has 0 heterocycles. The molecular weight excluding hydrogens is 358 g/mol. The lowest BCUT2D eigenvalue weighted by atomic mass is 10.1. The summed E-state index contributed by atoms with van der Waals surface area (Å²) >= 11 is 3.36. The zero-order chi connectivity index (χ0) is 16.7. The zero-order valence-corrected chi connectivity index (χ0v) is 14.1. The lowest BCUT2D eigenvalue weighted by Gasteiger charge is -2.06. The molecule has 0 aromatic heterocycles. The number of nitrogens with one attached hydrogen (secondary N) is 2. The van der Waals surface area contributed by atoms with Gasteiger partial charge in [-0.2, -0.15) is 5.10 Å². The van der Waals surface area contributed by atoms with E-state index in [0.717, 1.165) is 15.6 Å². The van der Waals surface area contributed by atoms with Crippen molar-refractivity contribution >= 4 is 34.0 Å². The third-order valence-corrected chi connectivity index (χ3v) is 3.54. The van der Waals surface area contributed by atoms with E-state index >= 15 is 0 Å². The number of aryl methyl sites for hydroxylation is 1. The van der Waals surface area contributed by atoms with Gasteiger partial charge in [-0.25, -0.2) is 5.43 Å². The summed E-state index contributed by atoms with van der Waals surface area (Å²) in [5.74, 6) is -0.674. The summed E-state index contributed by atoms with van der Waals surface area (Å²) in [4.78, 5) is 23.6. The summed E-state index contributed by atoms with van der Waals surface area (Å²) in [6.45, 7) is 1.71. The van der Waals surface area contributed by atoms with Gasteiger partial charge in [-0.1, -0.05) is 46.3 Å². The van der Waals surface area contributed by atoms with Gasteiger partial charge in [0.05, 0.1) is 12.8 Å². The minimum atomic E-state index is -0.391. The Morgan fingerprint density at radius 1 is 1.17 bits per heavy atom. The molecule has 0 aliphatic carbocycles. The molecule has 2 aromatic rings. The van der Waals surface area contributed by atoms with E-state index < -0.39 is 5.91 Å². The highest BCUT2D eigenvalue weighted by Crippen LogP contribution is 2.09. The summed E-state index contributed by atoms with van der Waals surface area (Å²) in [5, 5.41) is 6.42. The molecule has 118 valence electrons. The molecule has 0 spiro atoms. The number of amides is 2. The Bertz CT molecular complexity index is 744. The van der Waals surface area contributed by atoms with Crippen LogP contribution >= 0.6 is 15.9 Å². The minimum Gasteiger partial charge on any atom is -0.343 e. The second kappa shape index (κ2) is 8.24. The molecule has 0 saturated carbocycles. The van der Waals surface area contributed by atoms with Crippen molar-refractivity contribution in [2.24, 2.45) is 5.10 Å². The van der Waals surface area contributed by atoms with E-state index in [-0.39, 0.29) is 12.5 Å². The van der Waals surface area contributed by atoms with Crippen LogP contribution in [0.3, 0.4) is 0 Å². The molecule has 5 nitrogen and oxygen atoms in total. The predicted octanol–water partition coefficient (Wildman–Crippen LogP) is 2.64. The van der Waals surface area contributed by atoms with Crippen LogP contribution in [0.2, 0.25) is 0 Å². The maximum absolute atomic E-state index is 12.0. The fraction of sp³-hybridized carbons (Fsp3) is 0.118.